The van der Waals surface area contributed by atoms with E-state index in [1.165, 1.54) is 24.5 Å². The van der Waals surface area contributed by atoms with Crippen LogP contribution in [0.5, 0.6) is 0 Å². The fraction of sp³-hybridized carbons (Fsp3) is 0.231. The smallest absolute Gasteiger partial charge is 0.339 e. The van der Waals surface area contributed by atoms with Gasteiger partial charge in [-0.3, -0.25) is 0 Å². The van der Waals surface area contributed by atoms with Gasteiger partial charge in [-0.1, -0.05) is 30.7 Å². The molecule has 1 aromatic heterocycles. The number of rotatable bonds is 3. The second kappa shape index (κ2) is 5.66. The van der Waals surface area contributed by atoms with E-state index in [4.69, 9.17) is 11.6 Å². The Morgan fingerprint density at radius 3 is 2.55 bits per heavy atom. The van der Waals surface area contributed by atoms with Gasteiger partial charge < -0.3 is 5.32 Å². The summed E-state index contributed by atoms with van der Waals surface area (Å²) in [5.74, 6) is 0.282. The van der Waals surface area contributed by atoms with Gasteiger partial charge in [0.05, 0.1) is 11.3 Å². The standard InChI is InChI=1S/C13H11ClF3N3/c1-2-8-11(14)18-7-19-12(8)20-10-6-4-3-5-9(10)13(15,16)17/h3-7H,2H2,1H3,(H,18,19,20). The van der Waals surface area contributed by atoms with Crippen molar-refractivity contribution in [2.24, 2.45) is 0 Å². The number of halogens is 4. The van der Waals surface area contributed by atoms with Crippen LogP contribution in [0.2, 0.25) is 5.15 Å². The minimum Gasteiger partial charge on any atom is -0.339 e. The van der Waals surface area contributed by atoms with Crippen molar-refractivity contribution in [2.75, 3.05) is 5.32 Å². The van der Waals surface area contributed by atoms with Crippen LogP contribution in [0, 0.1) is 0 Å². The van der Waals surface area contributed by atoms with Gasteiger partial charge in [-0.15, -0.1) is 0 Å². The second-order valence-electron chi connectivity index (χ2n) is 4.01. The Morgan fingerprint density at radius 2 is 1.90 bits per heavy atom. The van der Waals surface area contributed by atoms with Crippen molar-refractivity contribution in [1.82, 2.24) is 9.97 Å². The molecule has 0 fully saturated rings. The van der Waals surface area contributed by atoms with Gasteiger partial charge in [-0.05, 0) is 18.6 Å². The molecule has 106 valence electrons. The van der Waals surface area contributed by atoms with Gasteiger partial charge in [0.2, 0.25) is 0 Å². The van der Waals surface area contributed by atoms with E-state index >= 15 is 0 Å². The Morgan fingerprint density at radius 1 is 1.20 bits per heavy atom. The van der Waals surface area contributed by atoms with E-state index in [-0.39, 0.29) is 16.7 Å². The molecule has 3 nitrogen and oxygen atoms in total. The lowest BCUT2D eigenvalue weighted by atomic mass is 10.1. The van der Waals surface area contributed by atoms with E-state index in [0.717, 1.165) is 6.07 Å². The van der Waals surface area contributed by atoms with E-state index in [1.807, 2.05) is 6.92 Å². The molecule has 0 aliphatic rings. The summed E-state index contributed by atoms with van der Waals surface area (Å²) in [4.78, 5) is 7.77. The molecule has 20 heavy (non-hydrogen) atoms. The molecule has 0 unspecified atom stereocenters. The summed E-state index contributed by atoms with van der Waals surface area (Å²) in [6.45, 7) is 1.82. The number of nitrogens with zero attached hydrogens (tertiary/aromatic N) is 2. The highest BCUT2D eigenvalue weighted by molar-refractivity contribution is 6.30. The van der Waals surface area contributed by atoms with Crippen molar-refractivity contribution >= 4 is 23.1 Å². The molecule has 0 saturated heterocycles. The molecule has 0 spiro atoms. The first-order valence-corrected chi connectivity index (χ1v) is 6.24. The fourth-order valence-electron chi connectivity index (χ4n) is 1.78. The van der Waals surface area contributed by atoms with Gasteiger partial charge in [-0.2, -0.15) is 13.2 Å². The molecule has 0 radical (unpaired) electrons. The van der Waals surface area contributed by atoms with Crippen molar-refractivity contribution in [3.05, 3.63) is 46.9 Å². The normalized spacial score (nSPS) is 11.4. The van der Waals surface area contributed by atoms with E-state index in [1.54, 1.807) is 0 Å². The van der Waals surface area contributed by atoms with Gasteiger partial charge in [0.1, 0.15) is 17.3 Å². The summed E-state index contributed by atoms with van der Waals surface area (Å²) in [5.41, 5.74) is -0.243. The molecule has 1 aromatic carbocycles. The summed E-state index contributed by atoms with van der Waals surface area (Å²) in [7, 11) is 0. The van der Waals surface area contributed by atoms with Gasteiger partial charge in [0, 0.05) is 5.56 Å². The first-order valence-electron chi connectivity index (χ1n) is 5.86. The van der Waals surface area contributed by atoms with Crippen LogP contribution in [0.4, 0.5) is 24.7 Å². The summed E-state index contributed by atoms with van der Waals surface area (Å²) < 4.78 is 38.7. The summed E-state index contributed by atoms with van der Waals surface area (Å²) in [5, 5.41) is 2.91. The predicted octanol–water partition coefficient (Wildman–Crippen LogP) is 4.45. The zero-order chi connectivity index (χ0) is 14.8. The van der Waals surface area contributed by atoms with Crippen LogP contribution in [-0.4, -0.2) is 9.97 Å². The lowest BCUT2D eigenvalue weighted by Crippen LogP contribution is -2.10. The van der Waals surface area contributed by atoms with E-state index < -0.39 is 11.7 Å². The van der Waals surface area contributed by atoms with Gasteiger partial charge in [0.25, 0.3) is 0 Å². The molecule has 0 aliphatic carbocycles. The average molecular weight is 302 g/mol. The number of alkyl halides is 3. The maximum atomic E-state index is 12.9. The molecule has 1 N–H and O–H groups in total. The third kappa shape index (κ3) is 3.01. The van der Waals surface area contributed by atoms with Crippen molar-refractivity contribution in [2.45, 2.75) is 19.5 Å². The Kier molecular flexibility index (Phi) is 4.13. The van der Waals surface area contributed by atoms with Gasteiger partial charge in [-0.25, -0.2) is 9.97 Å². The Balaban J connectivity index is 2.44. The molecule has 1 heterocycles. The molecule has 0 atom stereocenters. The number of aromatic nitrogens is 2. The third-order valence-electron chi connectivity index (χ3n) is 2.73. The minimum atomic E-state index is -4.44. The number of hydrogen-bond donors (Lipinski definition) is 1. The highest BCUT2D eigenvalue weighted by Gasteiger charge is 2.33. The summed E-state index contributed by atoms with van der Waals surface area (Å²) >= 11 is 5.91. The van der Waals surface area contributed by atoms with Crippen LogP contribution in [0.25, 0.3) is 0 Å². The number of para-hydroxylation sites is 1. The van der Waals surface area contributed by atoms with Crippen molar-refractivity contribution in [3.8, 4) is 0 Å². The lowest BCUT2D eigenvalue weighted by Gasteiger charge is -2.15. The third-order valence-corrected chi connectivity index (χ3v) is 3.06. The van der Waals surface area contributed by atoms with Crippen LogP contribution in [-0.2, 0) is 12.6 Å². The number of hydrogen-bond acceptors (Lipinski definition) is 3. The Bertz CT molecular complexity index is 614. The van der Waals surface area contributed by atoms with Crippen LogP contribution < -0.4 is 5.32 Å². The van der Waals surface area contributed by atoms with E-state index in [0.29, 0.717) is 12.0 Å². The molecule has 0 aliphatic heterocycles. The lowest BCUT2D eigenvalue weighted by molar-refractivity contribution is -0.136. The summed E-state index contributed by atoms with van der Waals surface area (Å²) in [6, 6.07) is 5.21. The SMILES string of the molecule is CCc1c(Cl)ncnc1Nc1ccccc1C(F)(F)F. The van der Waals surface area contributed by atoms with Crippen LogP contribution >= 0.6 is 11.6 Å². The Labute approximate surface area is 118 Å². The molecule has 0 saturated carbocycles. The van der Waals surface area contributed by atoms with Crippen LogP contribution in [0.15, 0.2) is 30.6 Å². The van der Waals surface area contributed by atoms with E-state index in [9.17, 15) is 13.2 Å². The maximum absolute atomic E-state index is 12.9. The number of anilines is 2. The van der Waals surface area contributed by atoms with Crippen LogP contribution in [0.3, 0.4) is 0 Å². The molecular weight excluding hydrogens is 291 g/mol. The second-order valence-corrected chi connectivity index (χ2v) is 4.37. The van der Waals surface area contributed by atoms with Gasteiger partial charge in [0.15, 0.2) is 0 Å². The predicted molar refractivity (Wildman–Crippen MR) is 71.1 cm³/mol. The maximum Gasteiger partial charge on any atom is 0.418 e. The molecule has 2 rings (SSSR count). The quantitative estimate of drug-likeness (QED) is 0.851. The fourth-order valence-corrected chi connectivity index (χ4v) is 2.05. The monoisotopic (exact) mass is 301 g/mol. The zero-order valence-electron chi connectivity index (χ0n) is 10.5. The van der Waals surface area contributed by atoms with Gasteiger partial charge >= 0.3 is 6.18 Å². The van der Waals surface area contributed by atoms with Crippen molar-refractivity contribution in [1.29, 1.82) is 0 Å². The van der Waals surface area contributed by atoms with Crippen molar-refractivity contribution in [3.63, 3.8) is 0 Å². The highest BCUT2D eigenvalue weighted by Crippen LogP contribution is 2.36. The molecule has 2 aromatic rings. The van der Waals surface area contributed by atoms with Crippen molar-refractivity contribution < 1.29 is 13.2 Å². The largest absolute Gasteiger partial charge is 0.418 e. The first kappa shape index (κ1) is 14.6. The Hall–Kier alpha value is -1.82. The average Bonchev–Trinajstić information content (AvgIpc) is 2.38. The first-order chi connectivity index (χ1) is 9.43. The minimum absolute atomic E-state index is 0.0653. The number of benzene rings is 1. The molecule has 7 heteroatoms. The zero-order valence-corrected chi connectivity index (χ0v) is 11.3. The molecule has 0 bridgehead atoms. The topological polar surface area (TPSA) is 37.8 Å². The molecule has 0 amide bonds. The number of nitrogens with one attached hydrogen (secondary N) is 1. The highest BCUT2D eigenvalue weighted by atomic mass is 35.5. The summed E-state index contributed by atoms with van der Waals surface area (Å²) in [6.07, 6.45) is -2.72. The van der Waals surface area contributed by atoms with Crippen LogP contribution in [0.1, 0.15) is 18.1 Å². The molecular formula is C13H11ClF3N3. The van der Waals surface area contributed by atoms with E-state index in [2.05, 4.69) is 15.3 Å².